The van der Waals surface area contributed by atoms with Gasteiger partial charge in [0.25, 0.3) is 5.91 Å². The van der Waals surface area contributed by atoms with Crippen molar-refractivity contribution in [2.24, 2.45) is 5.73 Å². The number of carbonyl (C=O) groups is 1. The van der Waals surface area contributed by atoms with Crippen LogP contribution < -0.4 is 5.73 Å². The van der Waals surface area contributed by atoms with Gasteiger partial charge in [0, 0.05) is 24.2 Å². The molecule has 1 amide bonds. The normalized spacial score (nSPS) is 10.7. The number of nitrogens with zero attached hydrogens (tertiary/aromatic N) is 1. The number of nitrogens with two attached hydrogens (primary N) is 1. The molecule has 0 aromatic heterocycles. The molecule has 4 heteroatoms. The third-order valence-corrected chi connectivity index (χ3v) is 2.71. The molecule has 4 nitrogen and oxygen atoms in total. The van der Waals surface area contributed by atoms with E-state index in [2.05, 4.69) is 11.8 Å². The van der Waals surface area contributed by atoms with Crippen molar-refractivity contribution in [1.82, 2.24) is 4.90 Å². The summed E-state index contributed by atoms with van der Waals surface area (Å²) in [6, 6.07) is 7.09. The van der Waals surface area contributed by atoms with Crippen LogP contribution in [0.5, 0.6) is 0 Å². The minimum absolute atomic E-state index is 0.0899. The van der Waals surface area contributed by atoms with Gasteiger partial charge in [-0.2, -0.15) is 0 Å². The Bertz CT molecular complexity index is 504. The Hall–Kier alpha value is -1.83. The predicted octanol–water partition coefficient (Wildman–Crippen LogP) is 1.23. The third kappa shape index (κ3) is 5.04. The maximum absolute atomic E-state index is 12.3. The predicted molar refractivity (Wildman–Crippen MR) is 80.2 cm³/mol. The molecule has 108 valence electrons. The Labute approximate surface area is 120 Å². The van der Waals surface area contributed by atoms with E-state index in [9.17, 15) is 9.90 Å². The summed E-state index contributed by atoms with van der Waals surface area (Å²) in [6.07, 6.45) is 0. The summed E-state index contributed by atoms with van der Waals surface area (Å²) in [4.78, 5) is 14.0. The lowest BCUT2D eigenvalue weighted by atomic mass is 10.1. The fraction of sp³-hybridized carbons (Fsp3) is 0.438. The lowest BCUT2D eigenvalue weighted by Gasteiger charge is -2.28. The average Bonchev–Trinajstić information content (AvgIpc) is 2.41. The first-order chi connectivity index (χ1) is 9.37. The van der Waals surface area contributed by atoms with Crippen molar-refractivity contribution in [2.45, 2.75) is 26.4 Å². The van der Waals surface area contributed by atoms with Crippen LogP contribution in [0, 0.1) is 11.8 Å². The Kier molecular flexibility index (Phi) is 5.75. The molecule has 1 aromatic carbocycles. The van der Waals surface area contributed by atoms with E-state index in [0.717, 1.165) is 5.56 Å². The molecule has 0 unspecified atom stereocenters. The number of rotatable bonds is 4. The maximum Gasteiger partial charge on any atom is 0.253 e. The van der Waals surface area contributed by atoms with Crippen LogP contribution in [-0.4, -0.2) is 41.1 Å². The van der Waals surface area contributed by atoms with Crippen LogP contribution in [0.1, 0.15) is 36.7 Å². The number of hydrogen-bond donors (Lipinski definition) is 2. The second kappa shape index (κ2) is 7.09. The molecule has 1 aromatic rings. The number of hydrogen-bond acceptors (Lipinski definition) is 3. The Morgan fingerprint density at radius 3 is 2.40 bits per heavy atom. The fourth-order valence-electron chi connectivity index (χ4n) is 1.83. The van der Waals surface area contributed by atoms with Crippen LogP contribution >= 0.6 is 0 Å². The van der Waals surface area contributed by atoms with Gasteiger partial charge in [0.2, 0.25) is 0 Å². The Morgan fingerprint density at radius 1 is 1.35 bits per heavy atom. The van der Waals surface area contributed by atoms with Crippen LogP contribution in [0.25, 0.3) is 0 Å². The van der Waals surface area contributed by atoms with Crippen LogP contribution in [0.3, 0.4) is 0 Å². The summed E-state index contributed by atoms with van der Waals surface area (Å²) in [5.74, 6) is 5.59. The molecule has 0 radical (unpaired) electrons. The molecule has 0 saturated carbocycles. The van der Waals surface area contributed by atoms with E-state index in [-0.39, 0.29) is 5.91 Å². The molecule has 3 N–H and O–H groups in total. The summed E-state index contributed by atoms with van der Waals surface area (Å²) in [7, 11) is 0. The monoisotopic (exact) mass is 274 g/mol. The zero-order valence-electron chi connectivity index (χ0n) is 12.3. The molecule has 0 fully saturated rings. The van der Waals surface area contributed by atoms with Gasteiger partial charge in [0.05, 0.1) is 12.1 Å². The third-order valence-electron chi connectivity index (χ3n) is 2.71. The Balaban J connectivity index is 2.85. The molecule has 0 saturated heterocycles. The summed E-state index contributed by atoms with van der Waals surface area (Å²) >= 11 is 0. The highest BCUT2D eigenvalue weighted by Crippen LogP contribution is 2.11. The quantitative estimate of drug-likeness (QED) is 0.812. The van der Waals surface area contributed by atoms with Crippen LogP contribution in [0.2, 0.25) is 0 Å². The highest BCUT2D eigenvalue weighted by atomic mass is 16.3. The van der Waals surface area contributed by atoms with Crippen molar-refractivity contribution >= 4 is 5.91 Å². The first-order valence-corrected chi connectivity index (χ1v) is 6.68. The van der Waals surface area contributed by atoms with Crippen LogP contribution in [0.4, 0.5) is 0 Å². The molecule has 20 heavy (non-hydrogen) atoms. The van der Waals surface area contributed by atoms with Crippen molar-refractivity contribution in [3.63, 3.8) is 0 Å². The van der Waals surface area contributed by atoms with E-state index < -0.39 is 5.60 Å². The van der Waals surface area contributed by atoms with Gasteiger partial charge in [-0.05, 0) is 45.0 Å². The number of carbonyl (C=O) groups excluding carboxylic acids is 1. The average molecular weight is 274 g/mol. The van der Waals surface area contributed by atoms with Crippen LogP contribution in [-0.2, 0) is 0 Å². The van der Waals surface area contributed by atoms with Crippen molar-refractivity contribution in [3.05, 3.63) is 35.4 Å². The number of benzene rings is 1. The van der Waals surface area contributed by atoms with Gasteiger partial charge in [-0.15, -0.1) is 0 Å². The standard InChI is InChI=1S/C16H22N2O2/c1-4-18(12-16(2,3)20)15(19)14-9-7-13(8-10-14)6-5-11-17/h7-10,20H,4,11-12,17H2,1-3H3. The Morgan fingerprint density at radius 2 is 1.95 bits per heavy atom. The van der Waals surface area contributed by atoms with Gasteiger partial charge in [-0.25, -0.2) is 0 Å². The summed E-state index contributed by atoms with van der Waals surface area (Å²) in [5, 5.41) is 9.83. The zero-order valence-corrected chi connectivity index (χ0v) is 12.3. The number of aliphatic hydroxyl groups is 1. The van der Waals surface area contributed by atoms with Crippen molar-refractivity contribution in [3.8, 4) is 11.8 Å². The summed E-state index contributed by atoms with van der Waals surface area (Å²) < 4.78 is 0. The van der Waals surface area contributed by atoms with Gasteiger partial charge in [0.1, 0.15) is 0 Å². The zero-order chi connectivity index (χ0) is 15.2. The minimum atomic E-state index is -0.905. The first kappa shape index (κ1) is 16.2. The smallest absolute Gasteiger partial charge is 0.253 e. The molecular formula is C16H22N2O2. The van der Waals surface area contributed by atoms with Gasteiger partial charge < -0.3 is 15.7 Å². The second-order valence-electron chi connectivity index (χ2n) is 5.22. The van der Waals surface area contributed by atoms with E-state index in [4.69, 9.17) is 5.73 Å². The molecule has 0 aliphatic heterocycles. The van der Waals surface area contributed by atoms with Gasteiger partial charge >= 0.3 is 0 Å². The molecule has 0 heterocycles. The molecule has 1 rings (SSSR count). The summed E-state index contributed by atoms with van der Waals surface area (Å²) in [6.45, 7) is 6.44. The lowest BCUT2D eigenvalue weighted by Crippen LogP contribution is -2.42. The number of likely N-dealkylation sites (N-methyl/N-ethyl adjacent to an activating group) is 1. The fourth-order valence-corrected chi connectivity index (χ4v) is 1.83. The van der Waals surface area contributed by atoms with Gasteiger partial charge in [-0.3, -0.25) is 4.79 Å². The van der Waals surface area contributed by atoms with Gasteiger partial charge in [-0.1, -0.05) is 11.8 Å². The van der Waals surface area contributed by atoms with Crippen molar-refractivity contribution in [1.29, 1.82) is 0 Å². The highest BCUT2D eigenvalue weighted by molar-refractivity contribution is 5.94. The van der Waals surface area contributed by atoms with E-state index in [0.29, 0.717) is 25.2 Å². The molecule has 0 bridgehead atoms. The van der Waals surface area contributed by atoms with E-state index in [1.807, 2.05) is 6.92 Å². The van der Waals surface area contributed by atoms with Gasteiger partial charge in [0.15, 0.2) is 0 Å². The van der Waals surface area contributed by atoms with E-state index in [1.54, 1.807) is 43.0 Å². The molecule has 0 spiro atoms. The molecule has 0 atom stereocenters. The van der Waals surface area contributed by atoms with Crippen molar-refractivity contribution in [2.75, 3.05) is 19.6 Å². The SMILES string of the molecule is CCN(CC(C)(C)O)C(=O)c1ccc(C#CCN)cc1. The topological polar surface area (TPSA) is 66.6 Å². The number of amides is 1. The minimum Gasteiger partial charge on any atom is -0.389 e. The molecule has 0 aliphatic carbocycles. The second-order valence-corrected chi connectivity index (χ2v) is 5.22. The first-order valence-electron chi connectivity index (χ1n) is 6.68. The molecular weight excluding hydrogens is 252 g/mol. The molecule has 0 aliphatic rings. The van der Waals surface area contributed by atoms with Crippen molar-refractivity contribution < 1.29 is 9.90 Å². The van der Waals surface area contributed by atoms with E-state index in [1.165, 1.54) is 0 Å². The highest BCUT2D eigenvalue weighted by Gasteiger charge is 2.22. The summed E-state index contributed by atoms with van der Waals surface area (Å²) in [5.41, 5.74) is 5.83. The lowest BCUT2D eigenvalue weighted by molar-refractivity contribution is 0.0314. The van der Waals surface area contributed by atoms with Crippen LogP contribution in [0.15, 0.2) is 24.3 Å². The maximum atomic E-state index is 12.3. The van der Waals surface area contributed by atoms with E-state index >= 15 is 0 Å². The largest absolute Gasteiger partial charge is 0.389 e.